The summed E-state index contributed by atoms with van der Waals surface area (Å²) in [4.78, 5) is 12.0. The first-order valence-corrected chi connectivity index (χ1v) is 6.02. The van der Waals surface area contributed by atoms with Gasteiger partial charge in [-0.2, -0.15) is 5.10 Å². The van der Waals surface area contributed by atoms with E-state index >= 15 is 0 Å². The molecule has 2 aromatic rings. The molecule has 5 heteroatoms. The van der Waals surface area contributed by atoms with Crippen LogP contribution in [0.3, 0.4) is 0 Å². The summed E-state index contributed by atoms with van der Waals surface area (Å²) >= 11 is 0. The van der Waals surface area contributed by atoms with Gasteiger partial charge in [0.15, 0.2) is 0 Å². The fraction of sp³-hybridized carbons (Fsp3) is 0.286. The average Bonchev–Trinajstić information content (AvgIpc) is 2.74. The molecule has 0 fully saturated rings. The van der Waals surface area contributed by atoms with Crippen molar-refractivity contribution in [3.8, 4) is 5.75 Å². The normalized spacial score (nSPS) is 10.3. The summed E-state index contributed by atoms with van der Waals surface area (Å²) in [6.07, 6.45) is 0. The van der Waals surface area contributed by atoms with Gasteiger partial charge in [-0.3, -0.25) is 9.48 Å². The zero-order chi connectivity index (χ0) is 13.8. The topological polar surface area (TPSA) is 56.1 Å². The van der Waals surface area contributed by atoms with E-state index in [9.17, 15) is 4.79 Å². The Labute approximate surface area is 112 Å². The first-order chi connectivity index (χ1) is 9.10. The summed E-state index contributed by atoms with van der Waals surface area (Å²) in [6, 6.07) is 9.02. The third kappa shape index (κ3) is 3.13. The van der Waals surface area contributed by atoms with Gasteiger partial charge in [0.25, 0.3) is 5.91 Å². The lowest BCUT2D eigenvalue weighted by molar-refractivity contribution is 0.0949. The fourth-order valence-electron chi connectivity index (χ4n) is 1.87. The first-order valence-electron chi connectivity index (χ1n) is 6.02. The summed E-state index contributed by atoms with van der Waals surface area (Å²) in [5.41, 5.74) is 2.49. The number of ether oxygens (including phenoxy) is 1. The van der Waals surface area contributed by atoms with Crippen molar-refractivity contribution in [3.63, 3.8) is 0 Å². The van der Waals surface area contributed by atoms with E-state index in [1.165, 1.54) is 0 Å². The number of carbonyl (C=O) groups is 1. The van der Waals surface area contributed by atoms with Gasteiger partial charge < -0.3 is 10.1 Å². The molecule has 0 radical (unpaired) electrons. The Hall–Kier alpha value is -2.30. The predicted molar refractivity (Wildman–Crippen MR) is 72.1 cm³/mol. The molecule has 0 bridgehead atoms. The van der Waals surface area contributed by atoms with E-state index in [0.717, 1.165) is 11.4 Å². The predicted octanol–water partition coefficient (Wildman–Crippen LogP) is 1.67. The van der Waals surface area contributed by atoms with E-state index in [1.807, 2.05) is 20.0 Å². The van der Waals surface area contributed by atoms with Crippen LogP contribution < -0.4 is 10.1 Å². The van der Waals surface area contributed by atoms with E-state index in [2.05, 4.69) is 10.4 Å². The van der Waals surface area contributed by atoms with Gasteiger partial charge >= 0.3 is 0 Å². The molecule has 1 heterocycles. The van der Waals surface area contributed by atoms with Crippen molar-refractivity contribution in [2.45, 2.75) is 13.5 Å². The molecular weight excluding hydrogens is 242 g/mol. The quantitative estimate of drug-likeness (QED) is 0.908. The molecule has 0 aliphatic heterocycles. The number of rotatable bonds is 4. The van der Waals surface area contributed by atoms with Gasteiger partial charge in [-0.15, -0.1) is 0 Å². The number of hydrogen-bond donors (Lipinski definition) is 1. The average molecular weight is 259 g/mol. The third-order valence-electron chi connectivity index (χ3n) is 2.86. The number of carbonyl (C=O) groups excluding carboxylic acids is 1. The number of nitrogens with zero attached hydrogens (tertiary/aromatic N) is 2. The van der Waals surface area contributed by atoms with Crippen LogP contribution in [0.15, 0.2) is 30.3 Å². The van der Waals surface area contributed by atoms with Gasteiger partial charge in [-0.1, -0.05) is 6.07 Å². The van der Waals surface area contributed by atoms with E-state index in [4.69, 9.17) is 4.74 Å². The van der Waals surface area contributed by atoms with Crippen LogP contribution >= 0.6 is 0 Å². The van der Waals surface area contributed by atoms with Gasteiger partial charge in [0.1, 0.15) is 5.75 Å². The minimum Gasteiger partial charge on any atom is -0.497 e. The highest BCUT2D eigenvalue weighted by Gasteiger charge is 2.08. The molecule has 2 rings (SSSR count). The lowest BCUT2D eigenvalue weighted by atomic mass is 10.2. The fourth-order valence-corrected chi connectivity index (χ4v) is 1.87. The second-order valence-electron chi connectivity index (χ2n) is 4.32. The Bertz CT molecular complexity index is 590. The molecule has 100 valence electrons. The zero-order valence-corrected chi connectivity index (χ0v) is 11.3. The third-order valence-corrected chi connectivity index (χ3v) is 2.86. The highest BCUT2D eigenvalue weighted by atomic mass is 16.5. The van der Waals surface area contributed by atoms with Crippen molar-refractivity contribution in [2.24, 2.45) is 7.05 Å². The smallest absolute Gasteiger partial charge is 0.251 e. The van der Waals surface area contributed by atoms with E-state index in [-0.39, 0.29) is 5.91 Å². The summed E-state index contributed by atoms with van der Waals surface area (Å²) in [7, 11) is 3.44. The lowest BCUT2D eigenvalue weighted by Crippen LogP contribution is -2.24. The van der Waals surface area contributed by atoms with Crippen LogP contribution in [0.25, 0.3) is 0 Å². The summed E-state index contributed by atoms with van der Waals surface area (Å²) in [5.74, 6) is 0.543. The Balaban J connectivity index is 2.03. The second-order valence-corrected chi connectivity index (χ2v) is 4.32. The number of aromatic nitrogens is 2. The van der Waals surface area contributed by atoms with Crippen LogP contribution in [0.1, 0.15) is 21.7 Å². The Morgan fingerprint density at radius 3 is 2.84 bits per heavy atom. The van der Waals surface area contributed by atoms with Gasteiger partial charge in [0.2, 0.25) is 0 Å². The molecule has 0 aliphatic rings. The van der Waals surface area contributed by atoms with Crippen molar-refractivity contribution < 1.29 is 9.53 Å². The largest absolute Gasteiger partial charge is 0.497 e. The van der Waals surface area contributed by atoms with Crippen LogP contribution in [0, 0.1) is 6.92 Å². The molecule has 1 amide bonds. The molecule has 0 saturated carbocycles. The molecular formula is C14H17N3O2. The number of amides is 1. The van der Waals surface area contributed by atoms with Crippen molar-refractivity contribution in [2.75, 3.05) is 7.11 Å². The summed E-state index contributed by atoms with van der Waals surface area (Å²) in [6.45, 7) is 2.38. The molecule has 1 aromatic heterocycles. The second kappa shape index (κ2) is 5.56. The van der Waals surface area contributed by atoms with E-state index < -0.39 is 0 Å². The SMILES string of the molecule is COc1cccc(C(=O)NCc2cc(C)nn2C)c1. The van der Waals surface area contributed by atoms with Gasteiger partial charge in [-0.25, -0.2) is 0 Å². The Morgan fingerprint density at radius 1 is 1.42 bits per heavy atom. The molecule has 19 heavy (non-hydrogen) atoms. The maximum Gasteiger partial charge on any atom is 0.251 e. The van der Waals surface area contributed by atoms with Gasteiger partial charge in [-0.05, 0) is 31.2 Å². The highest BCUT2D eigenvalue weighted by molar-refractivity contribution is 5.94. The van der Waals surface area contributed by atoms with Crippen molar-refractivity contribution in [1.29, 1.82) is 0 Å². The number of methoxy groups -OCH3 is 1. The molecule has 1 aromatic carbocycles. The summed E-state index contributed by atoms with van der Waals surface area (Å²) in [5, 5.41) is 7.10. The monoisotopic (exact) mass is 259 g/mol. The van der Waals surface area contributed by atoms with E-state index in [1.54, 1.807) is 36.1 Å². The van der Waals surface area contributed by atoms with Crippen molar-refractivity contribution in [1.82, 2.24) is 15.1 Å². The first kappa shape index (κ1) is 13.1. The Morgan fingerprint density at radius 2 is 2.21 bits per heavy atom. The van der Waals surface area contributed by atoms with Crippen LogP contribution in [-0.4, -0.2) is 22.8 Å². The maximum absolute atomic E-state index is 12.0. The molecule has 1 N–H and O–H groups in total. The van der Waals surface area contributed by atoms with Crippen molar-refractivity contribution in [3.05, 3.63) is 47.3 Å². The minimum atomic E-state index is -0.127. The molecule has 0 aliphatic carbocycles. The number of nitrogens with one attached hydrogen (secondary N) is 1. The van der Waals surface area contributed by atoms with Crippen LogP contribution in [0.5, 0.6) is 5.75 Å². The zero-order valence-electron chi connectivity index (χ0n) is 11.3. The number of aryl methyl sites for hydroxylation is 2. The van der Waals surface area contributed by atoms with Crippen LogP contribution in [0.4, 0.5) is 0 Å². The molecule has 5 nitrogen and oxygen atoms in total. The highest BCUT2D eigenvalue weighted by Crippen LogP contribution is 2.12. The molecule has 0 spiro atoms. The summed E-state index contributed by atoms with van der Waals surface area (Å²) < 4.78 is 6.86. The van der Waals surface area contributed by atoms with Gasteiger partial charge in [0, 0.05) is 12.6 Å². The minimum absolute atomic E-state index is 0.127. The van der Waals surface area contributed by atoms with E-state index in [0.29, 0.717) is 17.9 Å². The van der Waals surface area contributed by atoms with Crippen LogP contribution in [-0.2, 0) is 13.6 Å². The molecule has 0 unspecified atom stereocenters. The maximum atomic E-state index is 12.0. The van der Waals surface area contributed by atoms with Crippen molar-refractivity contribution >= 4 is 5.91 Å². The number of hydrogen-bond acceptors (Lipinski definition) is 3. The van der Waals surface area contributed by atoms with Crippen LogP contribution in [0.2, 0.25) is 0 Å². The Kier molecular flexibility index (Phi) is 3.85. The lowest BCUT2D eigenvalue weighted by Gasteiger charge is -2.06. The van der Waals surface area contributed by atoms with Gasteiger partial charge in [0.05, 0.1) is 25.0 Å². The number of benzene rings is 1. The molecule has 0 saturated heterocycles. The molecule has 0 atom stereocenters. The standard InChI is InChI=1S/C14H17N3O2/c1-10-7-12(17(2)16-10)9-15-14(18)11-5-4-6-13(8-11)19-3/h4-8H,9H2,1-3H3,(H,15,18).